The lowest BCUT2D eigenvalue weighted by Crippen LogP contribution is -2.49. The van der Waals surface area contributed by atoms with Crippen LogP contribution in [0, 0.1) is 5.92 Å². The lowest BCUT2D eigenvalue weighted by atomic mass is 10.2. The van der Waals surface area contributed by atoms with Gasteiger partial charge >= 0.3 is 0 Å². The van der Waals surface area contributed by atoms with Gasteiger partial charge in [-0.15, -0.1) is 0 Å². The second-order valence-electron chi connectivity index (χ2n) is 4.48. The molecule has 0 amide bonds. The summed E-state index contributed by atoms with van der Waals surface area (Å²) in [6.07, 6.45) is 0. The summed E-state index contributed by atoms with van der Waals surface area (Å²) in [6.45, 7) is 10.7. The van der Waals surface area contributed by atoms with Crippen LogP contribution in [-0.2, 0) is 4.74 Å². The molecule has 0 unspecified atom stereocenters. The third-order valence-corrected chi connectivity index (χ3v) is 2.17. The Balaban J connectivity index is 4.50. The third kappa shape index (κ3) is 5.92. The van der Waals surface area contributed by atoms with Crippen LogP contribution >= 0.6 is 0 Å². The van der Waals surface area contributed by atoms with Crippen LogP contribution in [0.15, 0.2) is 4.99 Å². The number of hydrogen-bond acceptors (Lipinski definition) is 3. The maximum Gasteiger partial charge on any atom is 0.208 e. The summed E-state index contributed by atoms with van der Waals surface area (Å²) in [6, 6.07) is 0.345. The summed E-state index contributed by atoms with van der Waals surface area (Å²) in [5.74, 6) is 6.77. The second kappa shape index (κ2) is 8.35. The number of ether oxygens (including phenoxy) is 1. The zero-order valence-corrected chi connectivity index (χ0v) is 11.2. The number of guanidine groups is 1. The van der Waals surface area contributed by atoms with Crippen LogP contribution in [0.4, 0.5) is 0 Å². The van der Waals surface area contributed by atoms with Gasteiger partial charge in [-0.05, 0) is 19.8 Å². The Morgan fingerprint density at radius 1 is 1.38 bits per heavy atom. The first-order valence-corrected chi connectivity index (χ1v) is 5.79. The van der Waals surface area contributed by atoms with E-state index in [4.69, 9.17) is 10.6 Å². The molecule has 0 atom stereocenters. The fourth-order valence-corrected chi connectivity index (χ4v) is 1.29. The SMILES string of the molecule is COCCN(C(=NCC(C)C)NN)C(C)C. The van der Waals surface area contributed by atoms with E-state index in [0.29, 0.717) is 18.6 Å². The fraction of sp³-hybridized carbons (Fsp3) is 0.909. The molecule has 0 fully saturated rings. The average molecular weight is 230 g/mol. The number of hydrogen-bond donors (Lipinski definition) is 2. The zero-order valence-electron chi connectivity index (χ0n) is 11.2. The first-order chi connectivity index (χ1) is 7.52. The van der Waals surface area contributed by atoms with Crippen molar-refractivity contribution in [2.75, 3.05) is 26.8 Å². The molecule has 0 spiro atoms. The number of rotatable bonds is 6. The lowest BCUT2D eigenvalue weighted by Gasteiger charge is -2.29. The normalized spacial score (nSPS) is 12.4. The minimum Gasteiger partial charge on any atom is -0.383 e. The topological polar surface area (TPSA) is 62.9 Å². The second-order valence-corrected chi connectivity index (χ2v) is 4.48. The summed E-state index contributed by atoms with van der Waals surface area (Å²) >= 11 is 0. The Hall–Kier alpha value is -0.810. The Kier molecular flexibility index (Phi) is 7.93. The quantitative estimate of drug-likeness (QED) is 0.307. The summed E-state index contributed by atoms with van der Waals surface area (Å²) in [7, 11) is 1.69. The van der Waals surface area contributed by atoms with E-state index in [1.54, 1.807) is 7.11 Å². The molecule has 5 heteroatoms. The molecule has 0 aromatic rings. The number of aliphatic imine (C=N–C) groups is 1. The standard InChI is InChI=1S/C11H26N4O/c1-9(2)8-13-11(14-12)15(10(3)4)6-7-16-5/h9-10H,6-8,12H2,1-5H3,(H,13,14). The van der Waals surface area contributed by atoms with Gasteiger partial charge in [0.15, 0.2) is 0 Å². The van der Waals surface area contributed by atoms with Crippen LogP contribution in [0.3, 0.4) is 0 Å². The van der Waals surface area contributed by atoms with Crippen molar-refractivity contribution in [1.29, 1.82) is 0 Å². The van der Waals surface area contributed by atoms with E-state index in [2.05, 4.69) is 43.0 Å². The van der Waals surface area contributed by atoms with Crippen LogP contribution in [-0.4, -0.2) is 43.7 Å². The number of methoxy groups -OCH3 is 1. The number of nitrogens with zero attached hydrogens (tertiary/aromatic N) is 2. The summed E-state index contributed by atoms with van der Waals surface area (Å²) in [5, 5.41) is 0. The number of hydrazine groups is 1. The highest BCUT2D eigenvalue weighted by Gasteiger charge is 2.13. The molecule has 0 bridgehead atoms. The molecule has 0 aliphatic heterocycles. The minimum atomic E-state index is 0.345. The highest BCUT2D eigenvalue weighted by Crippen LogP contribution is 2.00. The van der Waals surface area contributed by atoms with Crippen molar-refractivity contribution < 1.29 is 4.74 Å². The molecule has 0 aliphatic carbocycles. The van der Waals surface area contributed by atoms with Crippen molar-refractivity contribution in [3.05, 3.63) is 0 Å². The van der Waals surface area contributed by atoms with Crippen LogP contribution in [0.25, 0.3) is 0 Å². The van der Waals surface area contributed by atoms with Crippen LogP contribution in [0.2, 0.25) is 0 Å². The van der Waals surface area contributed by atoms with Crippen molar-refractivity contribution in [1.82, 2.24) is 10.3 Å². The number of nitrogens with one attached hydrogen (secondary N) is 1. The maximum atomic E-state index is 5.51. The molecule has 0 rings (SSSR count). The van der Waals surface area contributed by atoms with Gasteiger partial charge in [0.25, 0.3) is 0 Å². The Morgan fingerprint density at radius 2 is 2.00 bits per heavy atom. The van der Waals surface area contributed by atoms with E-state index >= 15 is 0 Å². The molecule has 5 nitrogen and oxygen atoms in total. The van der Waals surface area contributed by atoms with Gasteiger partial charge in [0, 0.05) is 26.2 Å². The molecule has 0 aromatic carbocycles. The van der Waals surface area contributed by atoms with E-state index < -0.39 is 0 Å². The fourth-order valence-electron chi connectivity index (χ4n) is 1.29. The smallest absolute Gasteiger partial charge is 0.208 e. The summed E-state index contributed by atoms with van der Waals surface area (Å²) in [5.41, 5.74) is 2.67. The van der Waals surface area contributed by atoms with Crippen molar-refractivity contribution in [2.24, 2.45) is 16.8 Å². The van der Waals surface area contributed by atoms with Crippen molar-refractivity contribution in [3.63, 3.8) is 0 Å². The van der Waals surface area contributed by atoms with Gasteiger partial charge in [-0.25, -0.2) is 5.84 Å². The predicted molar refractivity (Wildman–Crippen MR) is 68.2 cm³/mol. The van der Waals surface area contributed by atoms with Crippen LogP contribution < -0.4 is 11.3 Å². The predicted octanol–water partition coefficient (Wildman–Crippen LogP) is 0.819. The van der Waals surface area contributed by atoms with Gasteiger partial charge in [0.2, 0.25) is 5.96 Å². The molecule has 0 aromatic heterocycles. The van der Waals surface area contributed by atoms with Crippen LogP contribution in [0.5, 0.6) is 0 Å². The van der Waals surface area contributed by atoms with E-state index in [-0.39, 0.29) is 0 Å². The van der Waals surface area contributed by atoms with E-state index in [9.17, 15) is 0 Å². The van der Waals surface area contributed by atoms with Gasteiger partial charge in [-0.1, -0.05) is 13.8 Å². The lowest BCUT2D eigenvalue weighted by molar-refractivity contribution is 0.165. The Labute approximate surface area is 99.0 Å². The largest absolute Gasteiger partial charge is 0.383 e. The molecule has 0 aliphatic rings. The Bertz CT molecular complexity index is 204. The molecule has 0 saturated heterocycles. The van der Waals surface area contributed by atoms with E-state index in [0.717, 1.165) is 19.0 Å². The molecule has 0 saturated carbocycles. The highest BCUT2D eigenvalue weighted by molar-refractivity contribution is 5.79. The summed E-state index contributed by atoms with van der Waals surface area (Å²) < 4.78 is 5.08. The molecule has 0 radical (unpaired) electrons. The van der Waals surface area contributed by atoms with E-state index in [1.165, 1.54) is 0 Å². The van der Waals surface area contributed by atoms with Crippen molar-refractivity contribution >= 4 is 5.96 Å². The van der Waals surface area contributed by atoms with Gasteiger partial charge < -0.3 is 9.64 Å². The zero-order chi connectivity index (χ0) is 12.6. The first kappa shape index (κ1) is 15.2. The maximum absolute atomic E-state index is 5.51. The molecule has 96 valence electrons. The van der Waals surface area contributed by atoms with E-state index in [1.807, 2.05) is 0 Å². The first-order valence-electron chi connectivity index (χ1n) is 5.79. The minimum absolute atomic E-state index is 0.345. The molecule has 0 heterocycles. The monoisotopic (exact) mass is 230 g/mol. The third-order valence-electron chi connectivity index (χ3n) is 2.17. The van der Waals surface area contributed by atoms with Gasteiger partial charge in [0.05, 0.1) is 6.61 Å². The highest BCUT2D eigenvalue weighted by atomic mass is 16.5. The van der Waals surface area contributed by atoms with Crippen molar-refractivity contribution in [3.8, 4) is 0 Å². The molecule has 16 heavy (non-hydrogen) atoms. The average Bonchev–Trinajstić information content (AvgIpc) is 2.22. The van der Waals surface area contributed by atoms with Gasteiger partial charge in [-0.2, -0.15) is 0 Å². The molecular formula is C11H26N4O. The van der Waals surface area contributed by atoms with Gasteiger partial charge in [-0.3, -0.25) is 10.4 Å². The molecule has 3 N–H and O–H groups in total. The van der Waals surface area contributed by atoms with Gasteiger partial charge in [0.1, 0.15) is 0 Å². The van der Waals surface area contributed by atoms with Crippen molar-refractivity contribution in [2.45, 2.75) is 33.7 Å². The number of nitrogens with two attached hydrogens (primary N) is 1. The summed E-state index contributed by atoms with van der Waals surface area (Å²) in [4.78, 5) is 6.57. The van der Waals surface area contributed by atoms with Crippen LogP contribution in [0.1, 0.15) is 27.7 Å². The molecular weight excluding hydrogens is 204 g/mol. The Morgan fingerprint density at radius 3 is 2.38 bits per heavy atom.